The summed E-state index contributed by atoms with van der Waals surface area (Å²) in [6, 6.07) is 16.4. The molecule has 1 aliphatic heterocycles. The largest absolute Gasteiger partial charge is 0.273 e. The number of non-ortho nitro benzene ring substituents is 1. The van der Waals surface area contributed by atoms with E-state index in [0.717, 1.165) is 0 Å². The molecule has 0 saturated carbocycles. The summed E-state index contributed by atoms with van der Waals surface area (Å²) in [7, 11) is 0. The molecule has 0 saturated heterocycles. The van der Waals surface area contributed by atoms with E-state index in [1.165, 1.54) is 28.8 Å². The van der Waals surface area contributed by atoms with Crippen LogP contribution in [0.1, 0.15) is 20.7 Å². The number of nitro benzene ring substituents is 1. The summed E-state index contributed by atoms with van der Waals surface area (Å²) in [5, 5.41) is 24.3. The molecule has 10 nitrogen and oxygen atoms in total. The van der Waals surface area contributed by atoms with Crippen LogP contribution in [0.4, 0.5) is 5.69 Å². The molecular formula is C21H14N6O4S. The molecular weight excluding hydrogens is 432 g/mol. The van der Waals surface area contributed by atoms with Gasteiger partial charge in [-0.2, -0.15) is 9.61 Å². The van der Waals surface area contributed by atoms with Crippen molar-refractivity contribution < 1.29 is 14.5 Å². The molecule has 2 aromatic heterocycles. The number of thioether (sulfide) groups is 1. The maximum atomic E-state index is 12.5. The number of rotatable bonds is 6. The van der Waals surface area contributed by atoms with Crippen LogP contribution >= 0.6 is 11.8 Å². The highest BCUT2D eigenvalue weighted by molar-refractivity contribution is 7.99. The lowest BCUT2D eigenvalue weighted by molar-refractivity contribution is -0.384. The molecule has 0 atom stereocenters. The van der Waals surface area contributed by atoms with Crippen LogP contribution in [0.2, 0.25) is 0 Å². The highest BCUT2D eigenvalue weighted by atomic mass is 32.2. The van der Waals surface area contributed by atoms with Crippen LogP contribution < -0.4 is 0 Å². The summed E-state index contributed by atoms with van der Waals surface area (Å²) in [6.07, 6.45) is 0. The molecule has 2 amide bonds. The number of fused-ring (bicyclic) bond motifs is 2. The van der Waals surface area contributed by atoms with Crippen molar-refractivity contribution in [1.29, 1.82) is 0 Å². The Morgan fingerprint density at radius 2 is 1.69 bits per heavy atom. The number of carbonyl (C=O) groups is 2. The maximum absolute atomic E-state index is 12.5. The lowest BCUT2D eigenvalue weighted by atomic mass is 10.1. The van der Waals surface area contributed by atoms with E-state index in [1.54, 1.807) is 53.0 Å². The Labute approximate surface area is 185 Å². The first kappa shape index (κ1) is 19.8. The van der Waals surface area contributed by atoms with Gasteiger partial charge in [-0.15, -0.1) is 10.2 Å². The van der Waals surface area contributed by atoms with Gasteiger partial charge in [0.2, 0.25) is 5.16 Å². The van der Waals surface area contributed by atoms with Gasteiger partial charge in [0.15, 0.2) is 5.65 Å². The SMILES string of the molecule is O=C1c2ccccc2C(=O)N1CCSc1nnc2ccc(-c3cccc([N+](=O)[O-])c3)nn12. The summed E-state index contributed by atoms with van der Waals surface area (Å²) in [5.74, 6) is -0.193. The molecule has 32 heavy (non-hydrogen) atoms. The first-order valence-corrected chi connectivity index (χ1v) is 10.6. The second-order valence-electron chi connectivity index (χ2n) is 6.93. The van der Waals surface area contributed by atoms with Crippen molar-refractivity contribution in [3.05, 3.63) is 81.9 Å². The lowest BCUT2D eigenvalue weighted by Crippen LogP contribution is -2.31. The van der Waals surface area contributed by atoms with Gasteiger partial charge in [0.1, 0.15) is 0 Å². The molecule has 5 rings (SSSR count). The maximum Gasteiger partial charge on any atom is 0.270 e. The molecule has 4 aromatic rings. The van der Waals surface area contributed by atoms with E-state index in [9.17, 15) is 19.7 Å². The zero-order valence-electron chi connectivity index (χ0n) is 16.4. The van der Waals surface area contributed by atoms with Crippen LogP contribution in [0.15, 0.2) is 65.8 Å². The van der Waals surface area contributed by atoms with Gasteiger partial charge in [-0.25, -0.2) is 0 Å². The number of carbonyl (C=O) groups excluding carboxylic acids is 2. The Hall–Kier alpha value is -4.12. The third kappa shape index (κ3) is 3.38. The van der Waals surface area contributed by atoms with Gasteiger partial charge in [0.05, 0.1) is 21.7 Å². The van der Waals surface area contributed by atoms with Crippen LogP contribution in [-0.4, -0.2) is 53.7 Å². The summed E-state index contributed by atoms with van der Waals surface area (Å²) < 4.78 is 1.54. The standard InChI is InChI=1S/C21H14N6O4S/c28-19-15-6-1-2-7-16(15)20(29)25(19)10-11-32-21-23-22-18-9-8-17(24-26(18)21)13-4-3-5-14(12-13)27(30)31/h1-9,12H,10-11H2. The lowest BCUT2D eigenvalue weighted by Gasteiger charge is -2.12. The number of aromatic nitrogens is 4. The minimum atomic E-state index is -0.457. The number of benzene rings is 2. The number of nitro groups is 1. The second kappa shape index (κ2) is 7.85. The van der Waals surface area contributed by atoms with E-state index >= 15 is 0 Å². The van der Waals surface area contributed by atoms with Crippen molar-refractivity contribution in [3.8, 4) is 11.3 Å². The van der Waals surface area contributed by atoms with E-state index in [1.807, 2.05) is 0 Å². The van der Waals surface area contributed by atoms with Crippen LogP contribution in [0.3, 0.4) is 0 Å². The Morgan fingerprint density at radius 3 is 2.41 bits per heavy atom. The second-order valence-corrected chi connectivity index (χ2v) is 8.00. The van der Waals surface area contributed by atoms with E-state index in [4.69, 9.17) is 0 Å². The molecule has 0 fully saturated rings. The molecule has 2 aromatic carbocycles. The first-order valence-electron chi connectivity index (χ1n) is 9.58. The Balaban J connectivity index is 1.34. The monoisotopic (exact) mass is 446 g/mol. The van der Waals surface area contributed by atoms with Gasteiger partial charge in [-0.05, 0) is 24.3 Å². The normalized spacial score (nSPS) is 13.1. The zero-order valence-corrected chi connectivity index (χ0v) is 17.2. The molecule has 11 heteroatoms. The van der Waals surface area contributed by atoms with E-state index in [2.05, 4.69) is 15.3 Å². The van der Waals surface area contributed by atoms with Crippen molar-refractivity contribution in [2.45, 2.75) is 5.16 Å². The van der Waals surface area contributed by atoms with Crippen LogP contribution in [0.5, 0.6) is 0 Å². The number of nitrogens with zero attached hydrogens (tertiary/aromatic N) is 6. The molecule has 3 heterocycles. The minimum absolute atomic E-state index is 0.0244. The Kier molecular flexibility index (Phi) is 4.86. The number of imide groups is 1. The third-order valence-corrected chi connectivity index (χ3v) is 5.91. The molecule has 0 radical (unpaired) electrons. The number of amides is 2. The topological polar surface area (TPSA) is 124 Å². The Bertz CT molecular complexity index is 1370. The van der Waals surface area contributed by atoms with Gasteiger partial charge < -0.3 is 0 Å². The van der Waals surface area contributed by atoms with Crippen molar-refractivity contribution in [2.24, 2.45) is 0 Å². The van der Waals surface area contributed by atoms with E-state index in [0.29, 0.717) is 38.9 Å². The third-order valence-electron chi connectivity index (χ3n) is 5.01. The van der Waals surface area contributed by atoms with Crippen molar-refractivity contribution >= 4 is 34.9 Å². The fraction of sp³-hybridized carbons (Fsp3) is 0.0952. The summed E-state index contributed by atoms with van der Waals surface area (Å²) in [6.45, 7) is 0.219. The highest BCUT2D eigenvalue weighted by Crippen LogP contribution is 2.25. The summed E-state index contributed by atoms with van der Waals surface area (Å²) >= 11 is 1.31. The quantitative estimate of drug-likeness (QED) is 0.192. The minimum Gasteiger partial charge on any atom is -0.273 e. The fourth-order valence-corrected chi connectivity index (χ4v) is 4.27. The van der Waals surface area contributed by atoms with E-state index < -0.39 is 4.92 Å². The Morgan fingerprint density at radius 1 is 0.938 bits per heavy atom. The van der Waals surface area contributed by atoms with Gasteiger partial charge in [0.25, 0.3) is 17.5 Å². The molecule has 158 valence electrons. The average molecular weight is 446 g/mol. The summed E-state index contributed by atoms with van der Waals surface area (Å²) in [5.41, 5.74) is 2.45. The predicted octanol–water partition coefficient (Wildman–Crippen LogP) is 3.09. The predicted molar refractivity (Wildman–Crippen MR) is 115 cm³/mol. The van der Waals surface area contributed by atoms with E-state index in [-0.39, 0.29) is 24.0 Å². The summed E-state index contributed by atoms with van der Waals surface area (Å²) in [4.78, 5) is 36.8. The van der Waals surface area contributed by atoms with Crippen LogP contribution in [0.25, 0.3) is 16.9 Å². The van der Waals surface area contributed by atoms with Crippen LogP contribution in [0, 0.1) is 10.1 Å². The van der Waals surface area contributed by atoms with Gasteiger partial charge in [-0.3, -0.25) is 24.6 Å². The van der Waals surface area contributed by atoms with Gasteiger partial charge in [-0.1, -0.05) is 36.0 Å². The molecule has 1 aliphatic rings. The highest BCUT2D eigenvalue weighted by Gasteiger charge is 2.34. The molecule has 0 unspecified atom stereocenters. The smallest absolute Gasteiger partial charge is 0.270 e. The van der Waals surface area contributed by atoms with Crippen molar-refractivity contribution in [1.82, 2.24) is 24.7 Å². The first-order chi connectivity index (χ1) is 15.5. The number of hydrogen-bond donors (Lipinski definition) is 0. The average Bonchev–Trinajstić information content (AvgIpc) is 3.33. The molecule has 0 spiro atoms. The molecule has 0 bridgehead atoms. The molecule has 0 N–H and O–H groups in total. The zero-order chi connectivity index (χ0) is 22.2. The van der Waals surface area contributed by atoms with Crippen LogP contribution in [-0.2, 0) is 0 Å². The van der Waals surface area contributed by atoms with Gasteiger partial charge in [0, 0.05) is 30.0 Å². The fourth-order valence-electron chi connectivity index (χ4n) is 3.46. The van der Waals surface area contributed by atoms with Crippen molar-refractivity contribution in [3.63, 3.8) is 0 Å². The van der Waals surface area contributed by atoms with Gasteiger partial charge >= 0.3 is 0 Å². The number of hydrogen-bond acceptors (Lipinski definition) is 8. The van der Waals surface area contributed by atoms with Crippen molar-refractivity contribution in [2.75, 3.05) is 12.3 Å². The molecule has 0 aliphatic carbocycles.